The number of thiophene rings is 1. The van der Waals surface area contributed by atoms with Crippen molar-refractivity contribution in [1.29, 1.82) is 0 Å². The van der Waals surface area contributed by atoms with Crippen molar-refractivity contribution in [1.82, 2.24) is 19.9 Å². The van der Waals surface area contributed by atoms with Gasteiger partial charge in [-0.15, -0.1) is 11.3 Å². The summed E-state index contributed by atoms with van der Waals surface area (Å²) in [5.41, 5.74) is 2.39. The Morgan fingerprint density at radius 3 is 2.88 bits per heavy atom. The topological polar surface area (TPSA) is 63.3 Å². The Labute approximate surface area is 195 Å². The molecule has 32 heavy (non-hydrogen) atoms. The molecule has 1 aliphatic heterocycles. The van der Waals surface area contributed by atoms with Crippen molar-refractivity contribution in [3.63, 3.8) is 0 Å². The zero-order valence-corrected chi connectivity index (χ0v) is 19.6. The van der Waals surface area contributed by atoms with Gasteiger partial charge in [-0.1, -0.05) is 35.0 Å². The van der Waals surface area contributed by atoms with Gasteiger partial charge in [-0.3, -0.25) is 9.69 Å². The van der Waals surface area contributed by atoms with Gasteiger partial charge in [0.05, 0.1) is 15.8 Å². The predicted molar refractivity (Wildman–Crippen MR) is 128 cm³/mol. The number of nitrogens with zero attached hydrogens (tertiary/aromatic N) is 3. The second-order valence-electron chi connectivity index (χ2n) is 8.51. The maximum Gasteiger partial charge on any atom is 0.268 e. The number of benzene rings is 1. The van der Waals surface area contributed by atoms with Crippen LogP contribution < -0.4 is 5.32 Å². The molecule has 0 bridgehead atoms. The van der Waals surface area contributed by atoms with E-state index in [2.05, 4.69) is 29.2 Å². The number of amides is 1. The highest BCUT2D eigenvalue weighted by molar-refractivity contribution is 7.19. The highest BCUT2D eigenvalue weighted by atomic mass is 35.5. The normalized spacial score (nSPS) is 16.9. The lowest BCUT2D eigenvalue weighted by Crippen LogP contribution is -2.39. The molecule has 5 rings (SSSR count). The van der Waals surface area contributed by atoms with E-state index in [0.717, 1.165) is 41.0 Å². The van der Waals surface area contributed by atoms with Crippen molar-refractivity contribution in [3.8, 4) is 10.6 Å². The van der Waals surface area contributed by atoms with Crippen LogP contribution >= 0.6 is 22.9 Å². The Morgan fingerprint density at radius 1 is 1.28 bits per heavy atom. The number of halogens is 1. The summed E-state index contributed by atoms with van der Waals surface area (Å²) in [5, 5.41) is 8.52. The van der Waals surface area contributed by atoms with Crippen LogP contribution in [0, 0.1) is 0 Å². The van der Waals surface area contributed by atoms with Gasteiger partial charge in [0.2, 0.25) is 0 Å². The monoisotopic (exact) mass is 468 g/mol. The number of likely N-dealkylation sites (tertiary alicyclic amines) is 1. The Hall–Kier alpha value is -2.61. The van der Waals surface area contributed by atoms with Gasteiger partial charge in [0.1, 0.15) is 11.4 Å². The van der Waals surface area contributed by atoms with Gasteiger partial charge < -0.3 is 14.4 Å². The van der Waals surface area contributed by atoms with E-state index in [1.54, 1.807) is 0 Å². The average molecular weight is 469 g/mol. The number of aromatic nitrogens is 2. The molecule has 0 unspecified atom stereocenters. The number of rotatable bonds is 6. The molecule has 1 saturated heterocycles. The van der Waals surface area contributed by atoms with Crippen LogP contribution in [0.5, 0.6) is 0 Å². The van der Waals surface area contributed by atoms with E-state index in [9.17, 15) is 4.79 Å². The Kier molecular flexibility index (Phi) is 5.80. The maximum absolute atomic E-state index is 13.3. The minimum Gasteiger partial charge on any atom is -0.355 e. The summed E-state index contributed by atoms with van der Waals surface area (Å²) in [7, 11) is 0. The lowest BCUT2D eigenvalue weighted by atomic mass is 10.2. The summed E-state index contributed by atoms with van der Waals surface area (Å²) in [5.74, 6) is 0.629. The number of hydrogen-bond donors (Lipinski definition) is 1. The van der Waals surface area contributed by atoms with Crippen molar-refractivity contribution in [2.24, 2.45) is 0 Å². The van der Waals surface area contributed by atoms with E-state index in [1.165, 1.54) is 11.3 Å². The second kappa shape index (κ2) is 8.73. The van der Waals surface area contributed by atoms with Crippen molar-refractivity contribution in [2.45, 2.75) is 38.9 Å². The Balaban J connectivity index is 1.41. The Bertz CT molecular complexity index is 1260. The molecule has 0 spiro atoms. The van der Waals surface area contributed by atoms with Gasteiger partial charge in [0.25, 0.3) is 5.91 Å². The zero-order valence-electron chi connectivity index (χ0n) is 18.0. The van der Waals surface area contributed by atoms with E-state index in [-0.39, 0.29) is 11.9 Å². The van der Waals surface area contributed by atoms with Gasteiger partial charge in [-0.25, -0.2) is 0 Å². The molecule has 1 atom stereocenters. The molecular weight excluding hydrogens is 444 g/mol. The maximum atomic E-state index is 13.3. The third kappa shape index (κ3) is 4.20. The van der Waals surface area contributed by atoms with Crippen LogP contribution in [0.4, 0.5) is 0 Å². The van der Waals surface area contributed by atoms with E-state index in [0.29, 0.717) is 28.4 Å². The van der Waals surface area contributed by atoms with Gasteiger partial charge in [0.15, 0.2) is 5.76 Å². The summed E-state index contributed by atoms with van der Waals surface area (Å²) < 4.78 is 8.27. The fraction of sp³-hybridized carbons (Fsp3) is 0.333. The van der Waals surface area contributed by atoms with Crippen molar-refractivity contribution < 1.29 is 9.32 Å². The number of para-hydroxylation sites is 1. The fourth-order valence-corrected chi connectivity index (χ4v) is 5.30. The van der Waals surface area contributed by atoms with E-state index in [1.807, 2.05) is 53.1 Å². The molecule has 1 amide bonds. The van der Waals surface area contributed by atoms with Crippen LogP contribution in [0.2, 0.25) is 4.34 Å². The van der Waals surface area contributed by atoms with Crippen LogP contribution in [0.25, 0.3) is 21.5 Å². The molecular formula is C24H25ClN4O2S. The second-order valence-corrected chi connectivity index (χ2v) is 10.2. The molecule has 1 N–H and O–H groups in total. The van der Waals surface area contributed by atoms with E-state index < -0.39 is 0 Å². The van der Waals surface area contributed by atoms with Gasteiger partial charge in [0, 0.05) is 42.1 Å². The molecule has 166 valence electrons. The number of carbonyl (C=O) groups is 1. The molecule has 3 aromatic heterocycles. The molecule has 0 aliphatic carbocycles. The van der Waals surface area contributed by atoms with E-state index in [4.69, 9.17) is 16.1 Å². The molecule has 4 aromatic rings. The third-order valence-corrected chi connectivity index (χ3v) is 7.27. The first-order chi connectivity index (χ1) is 15.5. The van der Waals surface area contributed by atoms with Crippen molar-refractivity contribution in [2.75, 3.05) is 13.1 Å². The summed E-state index contributed by atoms with van der Waals surface area (Å²) >= 11 is 7.50. The molecule has 0 radical (unpaired) electrons. The highest BCUT2D eigenvalue weighted by Crippen LogP contribution is 2.32. The van der Waals surface area contributed by atoms with Gasteiger partial charge >= 0.3 is 0 Å². The first-order valence-corrected chi connectivity index (χ1v) is 12.0. The minimum absolute atomic E-state index is 0.0504. The molecule has 6 nitrogen and oxygen atoms in total. The van der Waals surface area contributed by atoms with Crippen molar-refractivity contribution >= 4 is 39.7 Å². The summed E-state index contributed by atoms with van der Waals surface area (Å²) in [6.07, 6.45) is 0.972. The third-order valence-electron chi connectivity index (χ3n) is 6.02. The first-order valence-electron chi connectivity index (χ1n) is 10.8. The van der Waals surface area contributed by atoms with Crippen LogP contribution in [0.15, 0.2) is 53.1 Å². The number of hydrogen-bond acceptors (Lipinski definition) is 5. The number of nitrogens with one attached hydrogen (secondary N) is 1. The lowest BCUT2D eigenvalue weighted by molar-refractivity contribution is 0.0928. The smallest absolute Gasteiger partial charge is 0.268 e. The van der Waals surface area contributed by atoms with Crippen LogP contribution in [-0.4, -0.2) is 45.7 Å². The molecule has 1 aromatic carbocycles. The number of fused-ring (bicyclic) bond motifs is 1. The fourth-order valence-electron chi connectivity index (χ4n) is 4.31. The number of carbonyl (C=O) groups excluding carboxylic acids is 1. The van der Waals surface area contributed by atoms with Crippen LogP contribution in [0.1, 0.15) is 36.5 Å². The average Bonchev–Trinajstić information content (AvgIpc) is 3.55. The minimum atomic E-state index is -0.0504. The van der Waals surface area contributed by atoms with Gasteiger partial charge in [-0.05, 0) is 44.5 Å². The molecule has 1 fully saturated rings. The Morgan fingerprint density at radius 2 is 2.12 bits per heavy atom. The standard InChI is InChI=1S/C24H25ClN4O2S/c1-15(2)28-10-9-17(13-28)26-24(30)20-11-16-5-3-4-6-19(16)29(20)14-18-12-21(31-27-18)22-7-8-23(25)32-22/h3-8,11-12,15,17H,9-10,13-14H2,1-2H3,(H,26,30)/t17-/m1/s1. The first kappa shape index (κ1) is 21.2. The largest absolute Gasteiger partial charge is 0.355 e. The summed E-state index contributed by atoms with van der Waals surface area (Å²) in [4.78, 5) is 16.6. The molecule has 0 saturated carbocycles. The van der Waals surface area contributed by atoms with Crippen molar-refractivity contribution in [3.05, 3.63) is 64.3 Å². The predicted octanol–water partition coefficient (Wildman–Crippen LogP) is 5.27. The SMILES string of the molecule is CC(C)N1CC[C@@H](NC(=O)c2cc3ccccc3n2Cc2cc(-c3ccc(Cl)s3)on2)C1. The molecule has 1 aliphatic rings. The van der Waals surface area contributed by atoms with Gasteiger partial charge in [-0.2, -0.15) is 0 Å². The zero-order chi connectivity index (χ0) is 22.2. The summed E-state index contributed by atoms with van der Waals surface area (Å²) in [6, 6.07) is 16.3. The lowest BCUT2D eigenvalue weighted by Gasteiger charge is -2.20. The molecule has 8 heteroatoms. The summed E-state index contributed by atoms with van der Waals surface area (Å²) in [6.45, 7) is 6.73. The molecule has 4 heterocycles. The van der Waals surface area contributed by atoms with E-state index >= 15 is 0 Å². The highest BCUT2D eigenvalue weighted by Gasteiger charge is 2.27. The van der Waals surface area contributed by atoms with Crippen LogP contribution in [-0.2, 0) is 6.54 Å². The van der Waals surface area contributed by atoms with Crippen LogP contribution in [0.3, 0.4) is 0 Å². The quantitative estimate of drug-likeness (QED) is 0.418.